The average Bonchev–Trinajstić information content (AvgIpc) is 2.51. The minimum absolute atomic E-state index is 0.126. The Morgan fingerprint density at radius 1 is 1.12 bits per heavy atom. The van der Waals surface area contributed by atoms with Gasteiger partial charge in [-0.15, -0.1) is 0 Å². The number of carboxylic acids is 1. The van der Waals surface area contributed by atoms with Gasteiger partial charge in [0.1, 0.15) is 6.04 Å². The molecule has 0 aliphatic rings. The first kappa shape index (κ1) is 19.6. The zero-order valence-corrected chi connectivity index (χ0v) is 14.2. The number of amides is 2. The molecule has 0 spiro atoms. The molecule has 1 aromatic carbocycles. The van der Waals surface area contributed by atoms with Crippen LogP contribution in [0.1, 0.15) is 44.0 Å². The number of carbonyl (C=O) groups excluding carboxylic acids is 2. The molecule has 1 atom stereocenters. The van der Waals surface area contributed by atoms with Crippen molar-refractivity contribution in [2.24, 2.45) is 0 Å². The number of benzene rings is 1. The molecule has 1 aromatic rings. The van der Waals surface area contributed by atoms with Gasteiger partial charge in [-0.2, -0.15) is 0 Å². The molecule has 3 N–H and O–H groups in total. The Hall–Kier alpha value is -2.41. The maximum atomic E-state index is 11.8. The van der Waals surface area contributed by atoms with E-state index in [4.69, 9.17) is 9.84 Å². The van der Waals surface area contributed by atoms with Crippen LogP contribution in [0, 0.1) is 0 Å². The summed E-state index contributed by atoms with van der Waals surface area (Å²) in [6.07, 6.45) is 1.14. The Labute approximate surface area is 141 Å². The van der Waals surface area contributed by atoms with Crippen LogP contribution in [0.5, 0.6) is 0 Å². The molecule has 0 aliphatic carbocycles. The lowest BCUT2D eigenvalue weighted by atomic mass is 10.1. The highest BCUT2D eigenvalue weighted by molar-refractivity contribution is 5.97. The van der Waals surface area contributed by atoms with Crippen LogP contribution in [0.4, 0.5) is 5.69 Å². The van der Waals surface area contributed by atoms with Crippen LogP contribution in [0.3, 0.4) is 0 Å². The third kappa shape index (κ3) is 7.23. The van der Waals surface area contributed by atoms with Crippen LogP contribution in [-0.2, 0) is 14.3 Å². The maximum Gasteiger partial charge on any atom is 0.325 e. The van der Waals surface area contributed by atoms with Gasteiger partial charge in [-0.3, -0.25) is 14.4 Å². The summed E-state index contributed by atoms with van der Waals surface area (Å²) in [5.74, 6) is -1.71. The van der Waals surface area contributed by atoms with Crippen molar-refractivity contribution in [3.8, 4) is 0 Å². The molecule has 0 saturated carbocycles. The number of ether oxygens (including phenoxy) is 1. The fraction of sp³-hybridized carbons (Fsp3) is 0.471. The van der Waals surface area contributed by atoms with E-state index in [1.54, 1.807) is 12.1 Å². The second-order valence-corrected chi connectivity index (χ2v) is 5.68. The van der Waals surface area contributed by atoms with Gasteiger partial charge in [0.25, 0.3) is 5.91 Å². The number of carboxylic acid groups (broad SMARTS) is 1. The normalized spacial score (nSPS) is 11.8. The fourth-order valence-corrected chi connectivity index (χ4v) is 1.82. The minimum Gasteiger partial charge on any atom is -0.480 e. The van der Waals surface area contributed by atoms with Gasteiger partial charge in [-0.05, 0) is 51.5 Å². The zero-order valence-electron chi connectivity index (χ0n) is 14.2. The van der Waals surface area contributed by atoms with Crippen molar-refractivity contribution in [1.82, 2.24) is 5.32 Å². The van der Waals surface area contributed by atoms with E-state index in [2.05, 4.69) is 10.6 Å². The van der Waals surface area contributed by atoms with Crippen molar-refractivity contribution in [2.75, 3.05) is 11.9 Å². The summed E-state index contributed by atoms with van der Waals surface area (Å²) >= 11 is 0. The van der Waals surface area contributed by atoms with Crippen LogP contribution in [0.2, 0.25) is 0 Å². The third-order valence-electron chi connectivity index (χ3n) is 3.15. The van der Waals surface area contributed by atoms with E-state index in [0.717, 1.165) is 0 Å². The first-order valence-electron chi connectivity index (χ1n) is 7.84. The summed E-state index contributed by atoms with van der Waals surface area (Å²) in [5.41, 5.74) is 0.902. The Kier molecular flexibility index (Phi) is 7.91. The number of aliphatic carboxylic acids is 1. The van der Waals surface area contributed by atoms with Crippen molar-refractivity contribution in [2.45, 2.75) is 45.8 Å². The van der Waals surface area contributed by atoms with Gasteiger partial charge in [-0.1, -0.05) is 0 Å². The highest BCUT2D eigenvalue weighted by atomic mass is 16.5. The number of nitrogens with one attached hydrogen (secondary N) is 2. The summed E-state index contributed by atoms with van der Waals surface area (Å²) in [7, 11) is 0. The molecule has 0 aliphatic heterocycles. The number of hydrogen-bond donors (Lipinski definition) is 3. The standard InChI is InChI=1S/C17H24N2O5/c1-11(2)24-10-4-5-15(20)19-14-8-6-13(7-9-14)16(21)18-12(3)17(22)23/h6-9,11-12H,4-5,10H2,1-3H3,(H,18,21)(H,19,20)(H,22,23). The van der Waals surface area contributed by atoms with Crippen molar-refractivity contribution in [3.05, 3.63) is 29.8 Å². The van der Waals surface area contributed by atoms with Crippen LogP contribution < -0.4 is 10.6 Å². The zero-order chi connectivity index (χ0) is 18.1. The second kappa shape index (κ2) is 9.67. The summed E-state index contributed by atoms with van der Waals surface area (Å²) in [5, 5.41) is 13.9. The lowest BCUT2D eigenvalue weighted by Crippen LogP contribution is -2.38. The SMILES string of the molecule is CC(C)OCCCC(=O)Nc1ccc(C(=O)NC(C)C(=O)O)cc1. The van der Waals surface area contributed by atoms with Gasteiger partial charge in [0.15, 0.2) is 0 Å². The van der Waals surface area contributed by atoms with Gasteiger partial charge in [0.05, 0.1) is 6.10 Å². The molecule has 0 saturated heterocycles. The van der Waals surface area contributed by atoms with Crippen LogP contribution in [-0.4, -0.2) is 41.6 Å². The number of anilines is 1. The van der Waals surface area contributed by atoms with E-state index in [-0.39, 0.29) is 12.0 Å². The van der Waals surface area contributed by atoms with Crippen molar-refractivity contribution >= 4 is 23.5 Å². The Bertz CT molecular complexity index is 569. The average molecular weight is 336 g/mol. The smallest absolute Gasteiger partial charge is 0.325 e. The van der Waals surface area contributed by atoms with Crippen molar-refractivity contribution < 1.29 is 24.2 Å². The summed E-state index contributed by atoms with van der Waals surface area (Å²) in [4.78, 5) is 34.3. The monoisotopic (exact) mass is 336 g/mol. The number of rotatable bonds is 9. The summed E-state index contributed by atoms with van der Waals surface area (Å²) < 4.78 is 5.37. The third-order valence-corrected chi connectivity index (χ3v) is 3.15. The van der Waals surface area contributed by atoms with Crippen LogP contribution in [0.25, 0.3) is 0 Å². The fourth-order valence-electron chi connectivity index (χ4n) is 1.82. The predicted octanol–water partition coefficient (Wildman–Crippen LogP) is 2.03. The summed E-state index contributed by atoms with van der Waals surface area (Å²) in [6, 6.07) is 5.29. The lowest BCUT2D eigenvalue weighted by Gasteiger charge is -2.10. The molecule has 1 unspecified atom stereocenters. The van der Waals surface area contributed by atoms with E-state index in [9.17, 15) is 14.4 Å². The minimum atomic E-state index is -1.10. The molecule has 0 radical (unpaired) electrons. The topological polar surface area (TPSA) is 105 Å². The molecule has 0 aromatic heterocycles. The molecule has 0 fully saturated rings. The molecule has 0 bridgehead atoms. The molecule has 1 rings (SSSR count). The largest absolute Gasteiger partial charge is 0.480 e. The van der Waals surface area contributed by atoms with E-state index >= 15 is 0 Å². The Morgan fingerprint density at radius 3 is 2.29 bits per heavy atom. The van der Waals surface area contributed by atoms with E-state index in [1.807, 2.05) is 13.8 Å². The van der Waals surface area contributed by atoms with Crippen LogP contribution >= 0.6 is 0 Å². The number of hydrogen-bond acceptors (Lipinski definition) is 4. The van der Waals surface area contributed by atoms with Crippen molar-refractivity contribution in [3.63, 3.8) is 0 Å². The predicted molar refractivity (Wildman–Crippen MR) is 90.0 cm³/mol. The molecule has 24 heavy (non-hydrogen) atoms. The van der Waals surface area contributed by atoms with E-state index in [1.165, 1.54) is 19.1 Å². The lowest BCUT2D eigenvalue weighted by molar-refractivity contribution is -0.138. The molecule has 2 amide bonds. The quantitative estimate of drug-likeness (QED) is 0.599. The van der Waals surface area contributed by atoms with E-state index < -0.39 is 17.9 Å². The molecule has 0 heterocycles. The molecule has 7 nitrogen and oxygen atoms in total. The Morgan fingerprint density at radius 2 is 1.75 bits per heavy atom. The molecule has 132 valence electrons. The molecular formula is C17H24N2O5. The summed E-state index contributed by atoms with van der Waals surface area (Å²) in [6.45, 7) is 5.80. The molecular weight excluding hydrogens is 312 g/mol. The molecule has 7 heteroatoms. The van der Waals surface area contributed by atoms with Crippen LogP contribution in [0.15, 0.2) is 24.3 Å². The first-order chi connectivity index (χ1) is 11.3. The van der Waals surface area contributed by atoms with Gasteiger partial charge in [0.2, 0.25) is 5.91 Å². The second-order valence-electron chi connectivity index (χ2n) is 5.68. The first-order valence-corrected chi connectivity index (χ1v) is 7.84. The Balaban J connectivity index is 2.45. The van der Waals surface area contributed by atoms with Gasteiger partial charge >= 0.3 is 5.97 Å². The number of carbonyl (C=O) groups is 3. The van der Waals surface area contributed by atoms with Gasteiger partial charge < -0.3 is 20.5 Å². The van der Waals surface area contributed by atoms with Crippen molar-refractivity contribution in [1.29, 1.82) is 0 Å². The van der Waals surface area contributed by atoms with Gasteiger partial charge in [0, 0.05) is 24.3 Å². The highest BCUT2D eigenvalue weighted by Crippen LogP contribution is 2.10. The maximum absolute atomic E-state index is 11.8. The van der Waals surface area contributed by atoms with E-state index in [0.29, 0.717) is 30.7 Å². The van der Waals surface area contributed by atoms with Gasteiger partial charge in [-0.25, -0.2) is 0 Å². The highest BCUT2D eigenvalue weighted by Gasteiger charge is 2.15.